The van der Waals surface area contributed by atoms with Crippen LogP contribution < -0.4 is 5.32 Å². The van der Waals surface area contributed by atoms with Gasteiger partial charge in [0.15, 0.2) is 0 Å². The first kappa shape index (κ1) is 14.8. The van der Waals surface area contributed by atoms with Crippen molar-refractivity contribution in [3.63, 3.8) is 0 Å². The van der Waals surface area contributed by atoms with Crippen molar-refractivity contribution in [1.82, 2.24) is 5.32 Å². The molecular formula is C19H25N. The molecule has 2 rings (SSSR count). The van der Waals surface area contributed by atoms with Crippen molar-refractivity contribution in [3.05, 3.63) is 60.7 Å². The van der Waals surface area contributed by atoms with Gasteiger partial charge in [0, 0.05) is 6.04 Å². The quantitative estimate of drug-likeness (QED) is 0.683. The van der Waals surface area contributed by atoms with Gasteiger partial charge in [-0.1, -0.05) is 55.5 Å². The van der Waals surface area contributed by atoms with Crippen LogP contribution in [0, 0.1) is 0 Å². The topological polar surface area (TPSA) is 12.0 Å². The van der Waals surface area contributed by atoms with Crippen LogP contribution in [0.2, 0.25) is 0 Å². The molecule has 0 fully saturated rings. The number of nitrogens with one attached hydrogen (secondary N) is 1. The molecule has 0 aliphatic rings. The van der Waals surface area contributed by atoms with E-state index < -0.39 is 0 Å². The van der Waals surface area contributed by atoms with Crippen molar-refractivity contribution in [3.8, 4) is 0 Å². The molecule has 1 unspecified atom stereocenters. The Bertz CT molecular complexity index is 544. The molecule has 0 spiro atoms. The van der Waals surface area contributed by atoms with Gasteiger partial charge in [0.2, 0.25) is 0 Å². The number of benzene rings is 2. The van der Waals surface area contributed by atoms with Crippen molar-refractivity contribution >= 4 is 10.8 Å². The molecule has 0 aliphatic heterocycles. The fourth-order valence-corrected chi connectivity index (χ4v) is 2.59. The number of hydrogen-bond donors (Lipinski definition) is 1. The second kappa shape index (κ2) is 7.86. The average molecular weight is 267 g/mol. The maximum atomic E-state index is 3.83. The van der Waals surface area contributed by atoms with Crippen LogP contribution in [-0.4, -0.2) is 12.6 Å². The van der Waals surface area contributed by atoms with Gasteiger partial charge in [0.1, 0.15) is 0 Å². The van der Waals surface area contributed by atoms with E-state index in [0.29, 0.717) is 6.04 Å². The van der Waals surface area contributed by atoms with Crippen molar-refractivity contribution in [2.45, 2.75) is 38.6 Å². The smallest absolute Gasteiger partial charge is 0.0110 e. The van der Waals surface area contributed by atoms with Crippen molar-refractivity contribution in [1.29, 1.82) is 0 Å². The maximum Gasteiger partial charge on any atom is 0.0110 e. The zero-order valence-electron chi connectivity index (χ0n) is 12.4. The molecular weight excluding hydrogens is 242 g/mol. The summed E-state index contributed by atoms with van der Waals surface area (Å²) >= 11 is 0. The van der Waals surface area contributed by atoms with E-state index in [4.69, 9.17) is 0 Å². The zero-order valence-corrected chi connectivity index (χ0v) is 12.4. The molecule has 0 saturated heterocycles. The largest absolute Gasteiger partial charge is 0.314 e. The lowest BCUT2D eigenvalue weighted by Gasteiger charge is -2.18. The van der Waals surface area contributed by atoms with Crippen LogP contribution in [0.1, 0.15) is 31.7 Å². The van der Waals surface area contributed by atoms with E-state index in [1.165, 1.54) is 22.8 Å². The SMILES string of the molecule is C=CCCC(Cc1ccc2ccccc2c1)NCCC. The summed E-state index contributed by atoms with van der Waals surface area (Å²) < 4.78 is 0. The molecule has 0 bridgehead atoms. The van der Waals surface area contributed by atoms with Crippen LogP contribution in [0.5, 0.6) is 0 Å². The van der Waals surface area contributed by atoms with Gasteiger partial charge >= 0.3 is 0 Å². The third-order valence-corrected chi connectivity index (χ3v) is 3.70. The summed E-state index contributed by atoms with van der Waals surface area (Å²) in [5, 5.41) is 6.31. The Labute approximate surface area is 122 Å². The summed E-state index contributed by atoms with van der Waals surface area (Å²) in [7, 11) is 0. The van der Waals surface area contributed by atoms with Crippen LogP contribution in [0.3, 0.4) is 0 Å². The number of hydrogen-bond acceptors (Lipinski definition) is 1. The third-order valence-electron chi connectivity index (χ3n) is 3.70. The number of allylic oxidation sites excluding steroid dienone is 1. The van der Waals surface area contributed by atoms with Crippen LogP contribution in [0.15, 0.2) is 55.1 Å². The number of rotatable bonds is 8. The summed E-state index contributed by atoms with van der Waals surface area (Å²) in [5.41, 5.74) is 1.42. The van der Waals surface area contributed by atoms with Gasteiger partial charge < -0.3 is 5.32 Å². The van der Waals surface area contributed by atoms with Crippen molar-refractivity contribution in [2.75, 3.05) is 6.54 Å². The van der Waals surface area contributed by atoms with Gasteiger partial charge in [-0.15, -0.1) is 6.58 Å². The Kier molecular flexibility index (Phi) is 5.82. The Balaban J connectivity index is 2.08. The lowest BCUT2D eigenvalue weighted by Crippen LogP contribution is -2.31. The fourth-order valence-electron chi connectivity index (χ4n) is 2.59. The van der Waals surface area contributed by atoms with Crippen LogP contribution >= 0.6 is 0 Å². The van der Waals surface area contributed by atoms with Gasteiger partial charge in [-0.25, -0.2) is 0 Å². The summed E-state index contributed by atoms with van der Waals surface area (Å²) in [6, 6.07) is 15.9. The zero-order chi connectivity index (χ0) is 14.2. The first-order valence-corrected chi connectivity index (χ1v) is 7.65. The standard InChI is InChI=1S/C19H25N/c1-3-5-10-19(20-13-4-2)15-16-11-12-17-8-6-7-9-18(17)14-16/h3,6-9,11-12,14,19-20H,1,4-5,10,13,15H2,2H3. The Hall–Kier alpha value is -1.60. The summed E-state index contributed by atoms with van der Waals surface area (Å²) in [6.45, 7) is 7.14. The second-order valence-electron chi connectivity index (χ2n) is 5.40. The van der Waals surface area contributed by atoms with E-state index in [0.717, 1.165) is 25.8 Å². The molecule has 0 aromatic heterocycles. The molecule has 1 heteroatoms. The lowest BCUT2D eigenvalue weighted by atomic mass is 9.99. The van der Waals surface area contributed by atoms with Gasteiger partial charge in [-0.2, -0.15) is 0 Å². The molecule has 106 valence electrons. The minimum atomic E-state index is 0.550. The normalized spacial score (nSPS) is 12.4. The minimum absolute atomic E-state index is 0.550. The van der Waals surface area contributed by atoms with Crippen LogP contribution in [0.4, 0.5) is 0 Å². The molecule has 1 atom stereocenters. The molecule has 20 heavy (non-hydrogen) atoms. The molecule has 2 aromatic carbocycles. The maximum absolute atomic E-state index is 3.83. The van der Waals surface area contributed by atoms with E-state index >= 15 is 0 Å². The van der Waals surface area contributed by atoms with E-state index in [9.17, 15) is 0 Å². The molecule has 0 amide bonds. The van der Waals surface area contributed by atoms with E-state index in [-0.39, 0.29) is 0 Å². The fraction of sp³-hybridized carbons (Fsp3) is 0.368. The summed E-state index contributed by atoms with van der Waals surface area (Å²) in [4.78, 5) is 0. The molecule has 0 saturated carbocycles. The Morgan fingerprint density at radius 3 is 2.70 bits per heavy atom. The third kappa shape index (κ3) is 4.21. The van der Waals surface area contributed by atoms with E-state index in [2.05, 4.69) is 61.3 Å². The summed E-state index contributed by atoms with van der Waals surface area (Å²) in [5.74, 6) is 0. The highest BCUT2D eigenvalue weighted by Crippen LogP contribution is 2.17. The molecule has 0 radical (unpaired) electrons. The predicted octanol–water partition coefficient (Wildman–Crippen LogP) is 4.72. The van der Waals surface area contributed by atoms with Gasteiger partial charge in [0.05, 0.1) is 0 Å². The van der Waals surface area contributed by atoms with Gasteiger partial charge in [-0.3, -0.25) is 0 Å². The Morgan fingerprint density at radius 2 is 1.95 bits per heavy atom. The minimum Gasteiger partial charge on any atom is -0.314 e. The molecule has 0 heterocycles. The van der Waals surface area contributed by atoms with Crippen LogP contribution in [-0.2, 0) is 6.42 Å². The second-order valence-corrected chi connectivity index (χ2v) is 5.40. The first-order chi connectivity index (χ1) is 9.83. The number of fused-ring (bicyclic) bond motifs is 1. The van der Waals surface area contributed by atoms with Gasteiger partial charge in [0.25, 0.3) is 0 Å². The van der Waals surface area contributed by atoms with Crippen molar-refractivity contribution < 1.29 is 0 Å². The van der Waals surface area contributed by atoms with Crippen molar-refractivity contribution in [2.24, 2.45) is 0 Å². The average Bonchev–Trinajstić information content (AvgIpc) is 2.50. The highest BCUT2D eigenvalue weighted by molar-refractivity contribution is 5.82. The molecule has 2 aromatic rings. The highest BCUT2D eigenvalue weighted by Gasteiger charge is 2.08. The lowest BCUT2D eigenvalue weighted by molar-refractivity contribution is 0.481. The molecule has 0 aliphatic carbocycles. The monoisotopic (exact) mass is 267 g/mol. The van der Waals surface area contributed by atoms with Crippen LogP contribution in [0.25, 0.3) is 10.8 Å². The predicted molar refractivity (Wildman–Crippen MR) is 89.2 cm³/mol. The molecule has 1 N–H and O–H groups in total. The molecule has 1 nitrogen and oxygen atoms in total. The van der Waals surface area contributed by atoms with E-state index in [1.807, 2.05) is 6.08 Å². The highest BCUT2D eigenvalue weighted by atomic mass is 14.9. The Morgan fingerprint density at radius 1 is 1.15 bits per heavy atom. The van der Waals surface area contributed by atoms with E-state index in [1.54, 1.807) is 0 Å². The first-order valence-electron chi connectivity index (χ1n) is 7.65. The summed E-state index contributed by atoms with van der Waals surface area (Å²) in [6.07, 6.45) is 6.54. The van der Waals surface area contributed by atoms with Gasteiger partial charge in [-0.05, 0) is 48.6 Å².